The molecule has 0 radical (unpaired) electrons. The molecule has 1 aromatic rings. The van der Waals surface area contributed by atoms with Gasteiger partial charge in [0.25, 0.3) is 5.91 Å². The molecule has 4 N–H and O–H groups in total. The van der Waals surface area contributed by atoms with Crippen LogP contribution in [0.1, 0.15) is 13.8 Å². The molecule has 1 aliphatic rings. The van der Waals surface area contributed by atoms with Crippen LogP contribution in [0.15, 0.2) is 18.2 Å². The maximum atomic E-state index is 12.4. The van der Waals surface area contributed by atoms with Crippen molar-refractivity contribution >= 4 is 23.2 Å². The number of nitrogens with two attached hydrogens (primary N) is 2. The number of fused-ring (bicyclic) bond motifs is 1. The fourth-order valence-corrected chi connectivity index (χ4v) is 2.11. The Kier molecular flexibility index (Phi) is 3.33. The van der Waals surface area contributed by atoms with Gasteiger partial charge in [0.2, 0.25) is 5.91 Å². The number of hydrogen-bond acceptors (Lipinski definition) is 4. The van der Waals surface area contributed by atoms with Crippen LogP contribution < -0.4 is 21.1 Å². The minimum atomic E-state index is -0.631. The highest BCUT2D eigenvalue weighted by Gasteiger charge is 2.37. The van der Waals surface area contributed by atoms with Crippen LogP contribution in [0.25, 0.3) is 0 Å². The van der Waals surface area contributed by atoms with E-state index in [2.05, 4.69) is 0 Å². The smallest absolute Gasteiger partial charge is 0.268 e. The summed E-state index contributed by atoms with van der Waals surface area (Å²) >= 11 is 0. The molecule has 0 fully saturated rings. The molecule has 0 aliphatic carbocycles. The number of para-hydroxylation sites is 1. The van der Waals surface area contributed by atoms with Crippen LogP contribution in [-0.2, 0) is 9.59 Å². The van der Waals surface area contributed by atoms with Gasteiger partial charge in [-0.1, -0.05) is 19.9 Å². The fraction of sp³-hybridized carbons (Fsp3) is 0.385. The topological polar surface area (TPSA) is 98.7 Å². The van der Waals surface area contributed by atoms with Gasteiger partial charge in [-0.25, -0.2) is 0 Å². The van der Waals surface area contributed by atoms with Gasteiger partial charge in [-0.2, -0.15) is 0 Å². The van der Waals surface area contributed by atoms with Crippen LogP contribution in [0.3, 0.4) is 0 Å². The monoisotopic (exact) mass is 263 g/mol. The molecule has 1 atom stereocenters. The summed E-state index contributed by atoms with van der Waals surface area (Å²) in [6.07, 6.45) is -0.631. The Morgan fingerprint density at radius 2 is 2.16 bits per heavy atom. The summed E-state index contributed by atoms with van der Waals surface area (Å²) in [6, 6.07) is 5.12. The van der Waals surface area contributed by atoms with E-state index in [1.807, 2.05) is 13.8 Å². The van der Waals surface area contributed by atoms with Gasteiger partial charge < -0.3 is 16.2 Å². The molecule has 19 heavy (non-hydrogen) atoms. The number of anilines is 2. The van der Waals surface area contributed by atoms with Crippen LogP contribution in [-0.4, -0.2) is 24.5 Å². The van der Waals surface area contributed by atoms with Crippen LogP contribution in [0, 0.1) is 5.92 Å². The Morgan fingerprint density at radius 1 is 1.47 bits per heavy atom. The summed E-state index contributed by atoms with van der Waals surface area (Å²) in [5.74, 6) is -0.400. The molecule has 0 saturated carbocycles. The van der Waals surface area contributed by atoms with E-state index < -0.39 is 12.0 Å². The summed E-state index contributed by atoms with van der Waals surface area (Å²) in [5, 5.41) is 0. The van der Waals surface area contributed by atoms with Gasteiger partial charge in [-0.3, -0.25) is 14.5 Å². The Labute approximate surface area is 111 Å². The molecule has 1 aromatic carbocycles. The number of amides is 2. The third kappa shape index (κ3) is 2.33. The molecule has 2 rings (SSSR count). The van der Waals surface area contributed by atoms with Crippen molar-refractivity contribution in [3.8, 4) is 5.75 Å². The predicted molar refractivity (Wildman–Crippen MR) is 71.7 cm³/mol. The molecule has 1 aliphatic heterocycles. The van der Waals surface area contributed by atoms with Crippen LogP contribution in [0.5, 0.6) is 5.75 Å². The number of nitrogen functional groups attached to an aromatic ring is 1. The molecular formula is C13H17N3O3. The largest absolute Gasteiger partial charge is 0.478 e. The number of ether oxygens (including phenoxy) is 1. The molecule has 2 amide bonds. The highest BCUT2D eigenvalue weighted by Crippen LogP contribution is 2.39. The van der Waals surface area contributed by atoms with E-state index in [9.17, 15) is 9.59 Å². The van der Waals surface area contributed by atoms with E-state index in [-0.39, 0.29) is 18.4 Å². The van der Waals surface area contributed by atoms with Gasteiger partial charge in [-0.15, -0.1) is 0 Å². The normalized spacial score (nSPS) is 18.2. The number of rotatable bonds is 3. The molecule has 0 saturated heterocycles. The summed E-state index contributed by atoms with van der Waals surface area (Å²) in [6.45, 7) is 3.55. The average molecular weight is 263 g/mol. The van der Waals surface area contributed by atoms with E-state index in [1.54, 1.807) is 18.2 Å². The van der Waals surface area contributed by atoms with Crippen molar-refractivity contribution in [2.24, 2.45) is 11.7 Å². The first-order valence-electron chi connectivity index (χ1n) is 6.06. The minimum Gasteiger partial charge on any atom is -0.478 e. The number of nitrogens with zero attached hydrogens (tertiary/aromatic N) is 1. The fourth-order valence-electron chi connectivity index (χ4n) is 2.11. The molecule has 6 heteroatoms. The Morgan fingerprint density at radius 3 is 2.74 bits per heavy atom. The second-order valence-corrected chi connectivity index (χ2v) is 4.87. The van der Waals surface area contributed by atoms with Crippen molar-refractivity contribution in [2.45, 2.75) is 20.0 Å². The Balaban J connectivity index is 2.50. The van der Waals surface area contributed by atoms with Gasteiger partial charge in [0.15, 0.2) is 6.10 Å². The maximum absolute atomic E-state index is 12.4. The van der Waals surface area contributed by atoms with Crippen molar-refractivity contribution in [3.63, 3.8) is 0 Å². The van der Waals surface area contributed by atoms with Gasteiger partial charge in [0, 0.05) is 0 Å². The molecule has 6 nitrogen and oxygen atoms in total. The average Bonchev–Trinajstić information content (AvgIpc) is 2.31. The highest BCUT2D eigenvalue weighted by molar-refractivity contribution is 6.06. The number of primary amides is 1. The Bertz CT molecular complexity index is 528. The van der Waals surface area contributed by atoms with E-state index >= 15 is 0 Å². The third-order valence-corrected chi connectivity index (χ3v) is 2.98. The van der Waals surface area contributed by atoms with Gasteiger partial charge >= 0.3 is 0 Å². The first-order chi connectivity index (χ1) is 8.91. The van der Waals surface area contributed by atoms with Gasteiger partial charge in [0.05, 0.1) is 5.69 Å². The lowest BCUT2D eigenvalue weighted by Crippen LogP contribution is -2.51. The quantitative estimate of drug-likeness (QED) is 0.776. The lowest BCUT2D eigenvalue weighted by Gasteiger charge is -2.36. The first-order valence-corrected chi connectivity index (χ1v) is 6.06. The standard InChI is InChI=1S/C13H17N3O3/c1-7(2)12-13(18)16(6-10(15)17)11-8(14)4-3-5-9(11)19-12/h3-5,7,12H,6,14H2,1-2H3,(H2,15,17). The highest BCUT2D eigenvalue weighted by atomic mass is 16.5. The van der Waals surface area contributed by atoms with Crippen molar-refractivity contribution < 1.29 is 14.3 Å². The molecule has 0 spiro atoms. The third-order valence-electron chi connectivity index (χ3n) is 2.98. The van der Waals surface area contributed by atoms with Crippen molar-refractivity contribution in [1.82, 2.24) is 0 Å². The Hall–Kier alpha value is -2.24. The zero-order valence-corrected chi connectivity index (χ0v) is 10.9. The molecular weight excluding hydrogens is 246 g/mol. The second kappa shape index (κ2) is 4.79. The zero-order valence-electron chi connectivity index (χ0n) is 10.9. The maximum Gasteiger partial charge on any atom is 0.268 e. The number of benzene rings is 1. The van der Waals surface area contributed by atoms with Crippen molar-refractivity contribution in [3.05, 3.63) is 18.2 Å². The summed E-state index contributed by atoms with van der Waals surface area (Å²) in [5.41, 5.74) is 11.9. The molecule has 102 valence electrons. The molecule has 0 aromatic heterocycles. The van der Waals surface area contributed by atoms with Crippen LogP contribution in [0.2, 0.25) is 0 Å². The lowest BCUT2D eigenvalue weighted by atomic mass is 10.0. The predicted octanol–water partition coefficient (Wildman–Crippen LogP) is 0.504. The van der Waals surface area contributed by atoms with Crippen LogP contribution in [0.4, 0.5) is 11.4 Å². The molecule has 1 heterocycles. The zero-order chi connectivity index (χ0) is 14.2. The van der Waals surface area contributed by atoms with Gasteiger partial charge in [0.1, 0.15) is 18.0 Å². The second-order valence-electron chi connectivity index (χ2n) is 4.87. The van der Waals surface area contributed by atoms with E-state index in [1.165, 1.54) is 4.90 Å². The number of carbonyl (C=O) groups excluding carboxylic acids is 2. The van der Waals surface area contributed by atoms with Crippen molar-refractivity contribution in [2.75, 3.05) is 17.2 Å². The van der Waals surface area contributed by atoms with E-state index in [0.29, 0.717) is 17.1 Å². The van der Waals surface area contributed by atoms with E-state index in [4.69, 9.17) is 16.2 Å². The summed E-state index contributed by atoms with van der Waals surface area (Å²) < 4.78 is 5.67. The number of carbonyl (C=O) groups is 2. The van der Waals surface area contributed by atoms with Crippen LogP contribution >= 0.6 is 0 Å². The molecule has 1 unspecified atom stereocenters. The summed E-state index contributed by atoms with van der Waals surface area (Å²) in [4.78, 5) is 24.8. The number of hydrogen-bond donors (Lipinski definition) is 2. The van der Waals surface area contributed by atoms with E-state index in [0.717, 1.165) is 0 Å². The van der Waals surface area contributed by atoms with Gasteiger partial charge in [-0.05, 0) is 18.1 Å². The lowest BCUT2D eigenvalue weighted by molar-refractivity contribution is -0.129. The van der Waals surface area contributed by atoms with Crippen molar-refractivity contribution in [1.29, 1.82) is 0 Å². The summed E-state index contributed by atoms with van der Waals surface area (Å²) in [7, 11) is 0. The molecule has 0 bridgehead atoms. The first kappa shape index (κ1) is 13.2. The SMILES string of the molecule is CC(C)C1Oc2cccc(N)c2N(CC(N)=O)C1=O. The minimum absolute atomic E-state index is 0.0162.